The van der Waals surface area contributed by atoms with Crippen LogP contribution in [-0.4, -0.2) is 38.8 Å². The van der Waals surface area contributed by atoms with Crippen molar-refractivity contribution in [3.8, 4) is 0 Å². The van der Waals surface area contributed by atoms with Crippen LogP contribution in [0.1, 0.15) is 0 Å². The molecule has 0 radical (unpaired) electrons. The molecule has 0 saturated heterocycles. The minimum atomic E-state index is -0.588. The van der Waals surface area contributed by atoms with E-state index in [9.17, 15) is 4.79 Å². The summed E-state index contributed by atoms with van der Waals surface area (Å²) in [6.07, 6.45) is 0. The van der Waals surface area contributed by atoms with Crippen LogP contribution in [0.2, 0.25) is 0 Å². The lowest BCUT2D eigenvalue weighted by Gasteiger charge is -2.08. The monoisotopic (exact) mass is 131 g/mol. The maximum Gasteiger partial charge on any atom is 0.324 e. The third-order valence-corrected chi connectivity index (χ3v) is 1.02. The minimum Gasteiger partial charge on any atom is -0.468 e. The molecular weight excluding hydrogens is 121 g/mol. The van der Waals surface area contributed by atoms with Gasteiger partial charge in [0.2, 0.25) is 0 Å². The van der Waals surface area contributed by atoms with E-state index in [1.165, 1.54) is 7.11 Å². The van der Waals surface area contributed by atoms with E-state index in [0.29, 0.717) is 0 Å². The van der Waals surface area contributed by atoms with Gasteiger partial charge >= 0.3 is 5.97 Å². The summed E-state index contributed by atoms with van der Waals surface area (Å²) in [7, 11) is 2.86. The topological polar surface area (TPSA) is 58.6 Å². The van der Waals surface area contributed by atoms with Crippen LogP contribution in [-0.2, 0) is 9.53 Å². The van der Waals surface area contributed by atoms with Crippen molar-refractivity contribution in [3.63, 3.8) is 0 Å². The van der Waals surface area contributed by atoms with E-state index in [2.05, 4.69) is 9.96 Å². The molecule has 0 amide bonds. The Morgan fingerprint density at radius 2 is 2.56 bits per heavy atom. The second-order valence-corrected chi connectivity index (χ2v) is 1.55. The number of hydrogen-bond acceptors (Lipinski definition) is 4. The van der Waals surface area contributed by atoms with Crippen molar-refractivity contribution in [3.05, 3.63) is 0 Å². The number of aliphatic hydroxyl groups is 1. The highest BCUT2D eigenvalue weighted by atomic mass is 16.5. The number of hydrogen-bond donors (Lipinski definition) is 2. The van der Waals surface area contributed by atoms with Gasteiger partial charge in [0.05, 0.1) is 13.7 Å². The van der Waals surface area contributed by atoms with E-state index in [-0.39, 0.29) is 6.61 Å². The number of rotatable bonds is 3. The van der Waals surface area contributed by atoms with Crippen LogP contribution >= 0.6 is 0 Å². The summed E-state index contributed by atoms with van der Waals surface area (Å²) in [4.78, 5) is 10.5. The normalized spacial score (nSPS) is 12.7. The first-order chi connectivity index (χ1) is 4.26. The Morgan fingerprint density at radius 1 is 2.00 bits per heavy atom. The molecule has 0 fully saturated rings. The average molecular weight is 131 g/mol. The molecule has 0 aromatic carbocycles. The van der Waals surface area contributed by atoms with Gasteiger partial charge in [0.1, 0.15) is 6.04 Å². The molecule has 0 spiro atoms. The lowest BCUT2D eigenvalue weighted by molar-refractivity contribution is -0.143. The van der Waals surface area contributed by atoms with Gasteiger partial charge < -0.3 is 15.1 Å². The van der Waals surface area contributed by atoms with Crippen molar-refractivity contribution >= 4 is 14.0 Å². The van der Waals surface area contributed by atoms with Crippen LogP contribution in [0.15, 0.2) is 0 Å². The highest BCUT2D eigenvalue weighted by molar-refractivity contribution is 6.06. The summed E-state index contributed by atoms with van der Waals surface area (Å²) in [5, 5.41) is 11.0. The molecular formula is C4H10BNO3. The van der Waals surface area contributed by atoms with Crippen molar-refractivity contribution in [2.75, 3.05) is 13.7 Å². The van der Waals surface area contributed by atoms with Crippen LogP contribution < -0.4 is 5.23 Å². The summed E-state index contributed by atoms with van der Waals surface area (Å²) in [5.74, 6) is -0.444. The molecule has 0 bridgehead atoms. The van der Waals surface area contributed by atoms with Crippen LogP contribution in [0, 0.1) is 0 Å². The fraction of sp³-hybridized carbons (Fsp3) is 0.750. The van der Waals surface area contributed by atoms with Gasteiger partial charge in [0, 0.05) is 0 Å². The number of esters is 1. The summed E-state index contributed by atoms with van der Waals surface area (Å²) in [5.41, 5.74) is 0. The highest BCUT2D eigenvalue weighted by Crippen LogP contribution is 1.82. The molecule has 0 aromatic heterocycles. The van der Waals surface area contributed by atoms with Crippen LogP contribution in [0.4, 0.5) is 0 Å². The SMILES string of the molecule is BNC(CO)C(=O)OC. The lowest BCUT2D eigenvalue weighted by atomic mass is 10.2. The maximum absolute atomic E-state index is 10.5. The Bertz CT molecular complexity index is 93.8. The van der Waals surface area contributed by atoms with Crippen molar-refractivity contribution in [1.82, 2.24) is 5.23 Å². The molecule has 0 aromatic rings. The second-order valence-electron chi connectivity index (χ2n) is 1.55. The quantitative estimate of drug-likeness (QED) is 0.332. The number of carbonyl (C=O) groups is 1. The molecule has 52 valence electrons. The summed E-state index contributed by atoms with van der Waals surface area (Å²) >= 11 is 0. The number of nitrogens with one attached hydrogen (secondary N) is 1. The molecule has 9 heavy (non-hydrogen) atoms. The van der Waals surface area contributed by atoms with Crippen molar-refractivity contribution in [2.24, 2.45) is 0 Å². The Kier molecular flexibility index (Phi) is 4.08. The number of methoxy groups -OCH3 is 1. The van der Waals surface area contributed by atoms with E-state index in [1.807, 2.05) is 0 Å². The Labute approximate surface area is 54.6 Å². The molecule has 1 unspecified atom stereocenters. The van der Waals surface area contributed by atoms with Gasteiger partial charge in [0.25, 0.3) is 0 Å². The van der Waals surface area contributed by atoms with Crippen LogP contribution in [0.5, 0.6) is 0 Å². The molecule has 0 aliphatic rings. The van der Waals surface area contributed by atoms with E-state index in [1.54, 1.807) is 7.98 Å². The predicted molar refractivity (Wildman–Crippen MR) is 34.6 cm³/mol. The van der Waals surface area contributed by atoms with Gasteiger partial charge in [-0.25, -0.2) is 0 Å². The first kappa shape index (κ1) is 8.45. The molecule has 5 heteroatoms. The third kappa shape index (κ3) is 2.48. The smallest absolute Gasteiger partial charge is 0.324 e. The molecule has 0 aliphatic carbocycles. The fourth-order valence-electron chi connectivity index (χ4n) is 0.426. The number of carbonyl (C=O) groups excluding carboxylic acids is 1. The highest BCUT2D eigenvalue weighted by Gasteiger charge is 2.13. The van der Waals surface area contributed by atoms with Gasteiger partial charge in [-0.05, 0) is 0 Å². The first-order valence-corrected chi connectivity index (χ1v) is 2.62. The largest absolute Gasteiger partial charge is 0.468 e. The van der Waals surface area contributed by atoms with Gasteiger partial charge in [-0.2, -0.15) is 0 Å². The van der Waals surface area contributed by atoms with E-state index in [4.69, 9.17) is 5.11 Å². The van der Waals surface area contributed by atoms with Crippen LogP contribution in [0.3, 0.4) is 0 Å². The Hall–Kier alpha value is -0.545. The van der Waals surface area contributed by atoms with Crippen molar-refractivity contribution in [1.29, 1.82) is 0 Å². The maximum atomic E-state index is 10.5. The third-order valence-electron chi connectivity index (χ3n) is 1.02. The number of ether oxygens (including phenoxy) is 1. The summed E-state index contributed by atoms with van der Waals surface area (Å²) in [6, 6.07) is -0.588. The molecule has 0 aliphatic heterocycles. The number of aliphatic hydroxyl groups excluding tert-OH is 1. The first-order valence-electron chi connectivity index (χ1n) is 2.62. The standard InChI is InChI=1S/C4H10BNO3/c1-9-4(8)3(2-7)6-5/h3,6-7H,2,5H2,1H3. The molecule has 4 nitrogen and oxygen atoms in total. The zero-order valence-corrected chi connectivity index (χ0v) is 5.55. The van der Waals surface area contributed by atoms with E-state index >= 15 is 0 Å². The average Bonchev–Trinajstić information content (AvgIpc) is 1.90. The van der Waals surface area contributed by atoms with E-state index < -0.39 is 12.0 Å². The zero-order chi connectivity index (χ0) is 7.28. The van der Waals surface area contributed by atoms with Gasteiger partial charge in [0.15, 0.2) is 7.98 Å². The predicted octanol–water partition coefficient (Wildman–Crippen LogP) is -2.34. The summed E-state index contributed by atoms with van der Waals surface area (Å²) < 4.78 is 4.33. The Balaban J connectivity index is 3.64. The second kappa shape index (κ2) is 4.35. The van der Waals surface area contributed by atoms with Gasteiger partial charge in [-0.1, -0.05) is 0 Å². The van der Waals surface area contributed by atoms with Gasteiger partial charge in [-0.15, -0.1) is 0 Å². The van der Waals surface area contributed by atoms with Crippen LogP contribution in [0.25, 0.3) is 0 Å². The van der Waals surface area contributed by atoms with Crippen molar-refractivity contribution < 1.29 is 14.6 Å². The lowest BCUT2D eigenvalue weighted by Crippen LogP contribution is -2.38. The van der Waals surface area contributed by atoms with Crippen molar-refractivity contribution in [2.45, 2.75) is 6.04 Å². The zero-order valence-electron chi connectivity index (χ0n) is 5.55. The molecule has 0 saturated carbocycles. The molecule has 2 N–H and O–H groups in total. The molecule has 0 rings (SSSR count). The molecule has 0 heterocycles. The minimum absolute atomic E-state index is 0.233. The Morgan fingerprint density at radius 3 is 2.67 bits per heavy atom. The summed E-state index contributed by atoms with van der Waals surface area (Å²) in [6.45, 7) is -0.233. The fourth-order valence-corrected chi connectivity index (χ4v) is 0.426. The molecule has 1 atom stereocenters. The van der Waals surface area contributed by atoms with E-state index in [0.717, 1.165) is 0 Å². The van der Waals surface area contributed by atoms with Gasteiger partial charge in [-0.3, -0.25) is 4.79 Å².